The number of hydrogen-bond donors (Lipinski definition) is 1. The van der Waals surface area contributed by atoms with Gasteiger partial charge in [0.05, 0.1) is 5.92 Å². The number of aryl methyl sites for hydroxylation is 1. The number of anilines is 1. The summed E-state index contributed by atoms with van der Waals surface area (Å²) in [5.74, 6) is -0.563. The Morgan fingerprint density at radius 2 is 1.85 bits per heavy atom. The predicted octanol–water partition coefficient (Wildman–Crippen LogP) is 2.01. The number of hydrogen-bond acceptors (Lipinski definition) is 5. The van der Waals surface area contributed by atoms with Crippen molar-refractivity contribution < 1.29 is 18.0 Å². The molecule has 9 nitrogen and oxygen atoms in total. The van der Waals surface area contributed by atoms with Crippen LogP contribution in [0.15, 0.2) is 53.7 Å². The summed E-state index contributed by atoms with van der Waals surface area (Å²) in [5, 5.41) is 0.553. The minimum atomic E-state index is -3.71. The minimum absolute atomic E-state index is 0.0586. The van der Waals surface area contributed by atoms with Crippen molar-refractivity contribution in [3.63, 3.8) is 0 Å². The molecule has 178 valence electrons. The van der Waals surface area contributed by atoms with E-state index < -0.39 is 15.9 Å². The molecule has 34 heavy (non-hydrogen) atoms. The molecular weight excluding hydrogens is 454 g/mol. The maximum Gasteiger partial charge on any atom is 0.245 e. The second-order valence-corrected chi connectivity index (χ2v) is 10.6. The Balaban J connectivity index is 1.23. The monoisotopic (exact) mass is 481 g/mol. The first-order valence-electron chi connectivity index (χ1n) is 11.5. The SMILES string of the molecule is CCc1ccc(N2CC(C(=O)N3CCN(S(=O)(=O)c4c[nH]c5ncccc45)CC3)CC2=O)cc1. The van der Waals surface area contributed by atoms with Crippen molar-refractivity contribution >= 4 is 38.6 Å². The lowest BCUT2D eigenvalue weighted by atomic mass is 10.1. The summed E-state index contributed by atoms with van der Waals surface area (Å²) in [6.45, 7) is 3.45. The van der Waals surface area contributed by atoms with Crippen LogP contribution in [0.25, 0.3) is 11.0 Å². The first kappa shape index (κ1) is 22.5. The van der Waals surface area contributed by atoms with Crippen molar-refractivity contribution in [1.82, 2.24) is 19.2 Å². The Morgan fingerprint density at radius 1 is 1.12 bits per heavy atom. The minimum Gasteiger partial charge on any atom is -0.345 e. The summed E-state index contributed by atoms with van der Waals surface area (Å²) in [4.78, 5) is 36.4. The highest BCUT2D eigenvalue weighted by molar-refractivity contribution is 7.89. The van der Waals surface area contributed by atoms with Crippen LogP contribution in [0.2, 0.25) is 0 Å². The molecule has 0 radical (unpaired) electrons. The lowest BCUT2D eigenvalue weighted by Crippen LogP contribution is -2.52. The molecule has 2 fully saturated rings. The molecule has 1 atom stereocenters. The summed E-state index contributed by atoms with van der Waals surface area (Å²) in [6, 6.07) is 11.3. The van der Waals surface area contributed by atoms with Gasteiger partial charge in [-0.1, -0.05) is 19.1 Å². The van der Waals surface area contributed by atoms with Crippen LogP contribution in [0.3, 0.4) is 0 Å². The van der Waals surface area contributed by atoms with Gasteiger partial charge in [0.25, 0.3) is 0 Å². The summed E-state index contributed by atoms with van der Waals surface area (Å²) in [7, 11) is -3.71. The number of H-pyrrole nitrogens is 1. The maximum absolute atomic E-state index is 13.2. The number of carbonyl (C=O) groups is 2. The molecule has 10 heteroatoms. The van der Waals surface area contributed by atoms with Gasteiger partial charge in [-0.05, 0) is 36.2 Å². The number of pyridine rings is 1. The fourth-order valence-electron chi connectivity index (χ4n) is 4.72. The molecule has 0 saturated carbocycles. The van der Waals surface area contributed by atoms with Crippen molar-refractivity contribution in [2.45, 2.75) is 24.7 Å². The zero-order valence-corrected chi connectivity index (χ0v) is 19.8. The van der Waals surface area contributed by atoms with Gasteiger partial charge in [-0.15, -0.1) is 0 Å². The van der Waals surface area contributed by atoms with E-state index in [1.54, 1.807) is 28.1 Å². The molecule has 1 aromatic carbocycles. The van der Waals surface area contributed by atoms with Crippen LogP contribution in [-0.2, 0) is 26.0 Å². The Kier molecular flexibility index (Phi) is 5.86. The normalized spacial score (nSPS) is 19.8. The molecule has 1 unspecified atom stereocenters. The average molecular weight is 482 g/mol. The van der Waals surface area contributed by atoms with Crippen LogP contribution < -0.4 is 4.90 Å². The number of benzene rings is 1. The first-order valence-corrected chi connectivity index (χ1v) is 12.9. The molecule has 0 spiro atoms. The maximum atomic E-state index is 13.2. The van der Waals surface area contributed by atoms with Crippen LogP contribution in [-0.4, -0.2) is 72.1 Å². The Morgan fingerprint density at radius 3 is 2.56 bits per heavy atom. The lowest BCUT2D eigenvalue weighted by Gasteiger charge is -2.35. The second-order valence-electron chi connectivity index (χ2n) is 8.71. The zero-order chi connectivity index (χ0) is 23.9. The molecular formula is C24H27N5O4S. The number of amides is 2. The number of rotatable bonds is 5. The topological polar surface area (TPSA) is 107 Å². The van der Waals surface area contributed by atoms with Gasteiger partial charge in [0.15, 0.2) is 0 Å². The van der Waals surface area contributed by atoms with Gasteiger partial charge in [0.1, 0.15) is 10.5 Å². The molecule has 4 heterocycles. The van der Waals surface area contributed by atoms with E-state index >= 15 is 0 Å². The Bertz CT molecular complexity index is 1330. The van der Waals surface area contributed by atoms with E-state index in [1.165, 1.54) is 16.1 Å². The van der Waals surface area contributed by atoms with Gasteiger partial charge in [0, 0.05) is 62.6 Å². The number of nitrogens with zero attached hydrogens (tertiary/aromatic N) is 4. The molecule has 0 aliphatic carbocycles. The highest BCUT2D eigenvalue weighted by Crippen LogP contribution is 2.28. The van der Waals surface area contributed by atoms with Crippen molar-refractivity contribution in [2.24, 2.45) is 5.92 Å². The highest BCUT2D eigenvalue weighted by atomic mass is 32.2. The number of nitrogens with one attached hydrogen (secondary N) is 1. The quantitative estimate of drug-likeness (QED) is 0.600. The molecule has 1 N–H and O–H groups in total. The summed E-state index contributed by atoms with van der Waals surface area (Å²) >= 11 is 0. The van der Waals surface area contributed by atoms with Crippen molar-refractivity contribution in [2.75, 3.05) is 37.6 Å². The third-order valence-electron chi connectivity index (χ3n) is 6.71. The third-order valence-corrected chi connectivity index (χ3v) is 8.65. The van der Waals surface area contributed by atoms with E-state index in [4.69, 9.17) is 0 Å². The number of carbonyl (C=O) groups excluding carboxylic acids is 2. The molecule has 0 bridgehead atoms. The van der Waals surface area contributed by atoms with E-state index in [0.717, 1.165) is 12.1 Å². The molecule has 2 aliphatic heterocycles. The standard InChI is InChI=1S/C24H27N5O4S/c1-2-17-5-7-19(8-6-17)29-16-18(14-22(29)30)24(31)27-10-12-28(13-11-27)34(32,33)21-15-26-23-20(21)4-3-9-25-23/h3-9,15,18H,2,10-14,16H2,1H3,(H,25,26). The van der Waals surface area contributed by atoms with Gasteiger partial charge in [-0.2, -0.15) is 4.31 Å². The summed E-state index contributed by atoms with van der Waals surface area (Å²) in [6.07, 6.45) is 4.18. The molecule has 5 rings (SSSR count). The van der Waals surface area contributed by atoms with Gasteiger partial charge in [0.2, 0.25) is 21.8 Å². The second kappa shape index (κ2) is 8.84. The molecule has 2 saturated heterocycles. The predicted molar refractivity (Wildman–Crippen MR) is 128 cm³/mol. The van der Waals surface area contributed by atoms with Gasteiger partial charge in [-0.3, -0.25) is 9.59 Å². The highest BCUT2D eigenvalue weighted by Gasteiger charge is 2.39. The van der Waals surface area contributed by atoms with Gasteiger partial charge >= 0.3 is 0 Å². The molecule has 2 aliphatic rings. The van der Waals surface area contributed by atoms with Gasteiger partial charge in [-0.25, -0.2) is 13.4 Å². The lowest BCUT2D eigenvalue weighted by molar-refractivity contribution is -0.136. The fourth-order valence-corrected chi connectivity index (χ4v) is 6.30. The number of aromatic amines is 1. The fraction of sp³-hybridized carbons (Fsp3) is 0.375. The van der Waals surface area contributed by atoms with E-state index in [9.17, 15) is 18.0 Å². The number of aromatic nitrogens is 2. The molecule has 2 amide bonds. The van der Waals surface area contributed by atoms with Crippen molar-refractivity contribution in [3.8, 4) is 0 Å². The van der Waals surface area contributed by atoms with Crippen LogP contribution in [0, 0.1) is 5.92 Å². The number of sulfonamides is 1. The van der Waals surface area contributed by atoms with Crippen LogP contribution >= 0.6 is 0 Å². The first-order chi connectivity index (χ1) is 16.4. The Hall–Kier alpha value is -3.24. The van der Waals surface area contributed by atoms with E-state index in [-0.39, 0.29) is 36.2 Å². The van der Waals surface area contributed by atoms with Crippen molar-refractivity contribution in [1.29, 1.82) is 0 Å². The smallest absolute Gasteiger partial charge is 0.245 e. The van der Waals surface area contributed by atoms with Crippen molar-refractivity contribution in [3.05, 3.63) is 54.4 Å². The van der Waals surface area contributed by atoms with Crippen LogP contribution in [0.5, 0.6) is 0 Å². The number of fused-ring (bicyclic) bond motifs is 1. The summed E-state index contributed by atoms with van der Waals surface area (Å²) < 4.78 is 27.8. The largest absolute Gasteiger partial charge is 0.345 e. The average Bonchev–Trinajstić information content (AvgIpc) is 3.48. The number of piperazine rings is 1. The van der Waals surface area contributed by atoms with E-state index in [2.05, 4.69) is 16.9 Å². The summed E-state index contributed by atoms with van der Waals surface area (Å²) in [5.41, 5.74) is 2.52. The molecule has 2 aromatic heterocycles. The third kappa shape index (κ3) is 3.97. The van der Waals surface area contributed by atoms with Crippen LogP contribution in [0.4, 0.5) is 5.69 Å². The van der Waals surface area contributed by atoms with E-state index in [0.29, 0.717) is 30.7 Å². The van der Waals surface area contributed by atoms with E-state index in [1.807, 2.05) is 24.3 Å². The zero-order valence-electron chi connectivity index (χ0n) is 19.0. The van der Waals surface area contributed by atoms with Gasteiger partial charge < -0.3 is 14.8 Å². The molecule has 3 aromatic rings. The van der Waals surface area contributed by atoms with Crippen LogP contribution in [0.1, 0.15) is 18.9 Å². The Labute approximate surface area is 198 Å².